The van der Waals surface area contributed by atoms with Crippen LogP contribution in [0.1, 0.15) is 25.7 Å². The molecule has 134 valence electrons. The fourth-order valence-electron chi connectivity index (χ4n) is 2.63. The van der Waals surface area contributed by atoms with Crippen molar-refractivity contribution in [2.75, 3.05) is 11.9 Å². The molecule has 0 aliphatic carbocycles. The number of hydrogen-bond donors (Lipinski definition) is 1. The molecule has 26 heavy (non-hydrogen) atoms. The Balaban J connectivity index is 1.49. The van der Waals surface area contributed by atoms with Gasteiger partial charge in [0.1, 0.15) is 5.75 Å². The molecular weight excluding hydrogens is 328 g/mol. The van der Waals surface area contributed by atoms with Crippen molar-refractivity contribution in [3.05, 3.63) is 66.7 Å². The Morgan fingerprint density at radius 1 is 1.12 bits per heavy atom. The highest BCUT2D eigenvalue weighted by molar-refractivity contribution is 5.92. The fourth-order valence-corrected chi connectivity index (χ4v) is 2.63. The quantitative estimate of drug-likeness (QED) is 0.639. The van der Waals surface area contributed by atoms with Crippen LogP contribution in [-0.4, -0.2) is 17.5 Å². The summed E-state index contributed by atoms with van der Waals surface area (Å²) in [4.78, 5) is 16.5. The highest BCUT2D eigenvalue weighted by atomic mass is 16.5. The molecule has 0 bridgehead atoms. The molecule has 0 unspecified atom stereocenters. The highest BCUT2D eigenvalue weighted by Crippen LogP contribution is 2.24. The van der Waals surface area contributed by atoms with E-state index in [1.807, 2.05) is 61.5 Å². The zero-order chi connectivity index (χ0) is 18.2. The van der Waals surface area contributed by atoms with Crippen LogP contribution in [0.5, 0.6) is 5.75 Å². The van der Waals surface area contributed by atoms with Gasteiger partial charge in [0.15, 0.2) is 11.7 Å². The van der Waals surface area contributed by atoms with Gasteiger partial charge < -0.3 is 14.5 Å². The summed E-state index contributed by atoms with van der Waals surface area (Å²) in [6.45, 7) is 2.47. The molecule has 3 rings (SSSR count). The second-order valence-electron chi connectivity index (χ2n) is 5.82. The van der Waals surface area contributed by atoms with Crippen molar-refractivity contribution < 1.29 is 13.9 Å². The maximum Gasteiger partial charge on any atom is 0.224 e. The van der Waals surface area contributed by atoms with E-state index in [2.05, 4.69) is 10.3 Å². The van der Waals surface area contributed by atoms with E-state index in [0.717, 1.165) is 11.3 Å². The second kappa shape index (κ2) is 8.85. The van der Waals surface area contributed by atoms with E-state index < -0.39 is 0 Å². The lowest BCUT2D eigenvalue weighted by Gasteiger charge is -2.10. The molecular formula is C21H22N2O3. The maximum absolute atomic E-state index is 12.2. The predicted molar refractivity (Wildman–Crippen MR) is 101 cm³/mol. The normalized spacial score (nSPS) is 10.5. The van der Waals surface area contributed by atoms with Gasteiger partial charge in [-0.1, -0.05) is 42.5 Å². The van der Waals surface area contributed by atoms with Crippen LogP contribution in [-0.2, 0) is 11.2 Å². The van der Waals surface area contributed by atoms with Gasteiger partial charge in [-0.2, -0.15) is 0 Å². The summed E-state index contributed by atoms with van der Waals surface area (Å²) in [5.74, 6) is 2.03. The minimum Gasteiger partial charge on any atom is -0.492 e. The van der Waals surface area contributed by atoms with Crippen LogP contribution >= 0.6 is 0 Å². The van der Waals surface area contributed by atoms with E-state index in [1.54, 1.807) is 6.20 Å². The van der Waals surface area contributed by atoms with Crippen molar-refractivity contribution in [3.63, 3.8) is 0 Å². The minimum absolute atomic E-state index is 0.0491. The molecule has 0 atom stereocenters. The molecule has 0 saturated heterocycles. The predicted octanol–water partition coefficient (Wildman–Crippen LogP) is 4.70. The largest absolute Gasteiger partial charge is 0.492 e. The number of ether oxygens (including phenoxy) is 1. The molecule has 0 aliphatic heterocycles. The van der Waals surface area contributed by atoms with Gasteiger partial charge in [-0.25, -0.2) is 4.98 Å². The standard InChI is InChI=1S/C21H22N2O3/c1-2-25-18-12-7-6-11-17(18)23-20(24)13-8-14-21-22-15-19(26-21)16-9-4-3-5-10-16/h3-7,9-12,15H,2,8,13-14H2,1H3,(H,23,24). The number of nitrogens with one attached hydrogen (secondary N) is 1. The van der Waals surface area contributed by atoms with E-state index in [4.69, 9.17) is 9.15 Å². The summed E-state index contributed by atoms with van der Waals surface area (Å²) >= 11 is 0. The summed E-state index contributed by atoms with van der Waals surface area (Å²) in [6.07, 6.45) is 3.40. The first-order valence-electron chi connectivity index (χ1n) is 8.78. The summed E-state index contributed by atoms with van der Waals surface area (Å²) in [5.41, 5.74) is 1.69. The number of carbonyl (C=O) groups excluding carboxylic acids is 1. The number of carbonyl (C=O) groups is 1. The summed E-state index contributed by atoms with van der Waals surface area (Å²) < 4.78 is 11.3. The Hall–Kier alpha value is -3.08. The van der Waals surface area contributed by atoms with Gasteiger partial charge in [-0.15, -0.1) is 0 Å². The first-order chi connectivity index (χ1) is 12.8. The van der Waals surface area contributed by atoms with Crippen LogP contribution in [0.25, 0.3) is 11.3 Å². The summed E-state index contributed by atoms with van der Waals surface area (Å²) in [7, 11) is 0. The lowest BCUT2D eigenvalue weighted by Crippen LogP contribution is -2.12. The zero-order valence-corrected chi connectivity index (χ0v) is 14.8. The van der Waals surface area contributed by atoms with Gasteiger partial charge in [0.05, 0.1) is 18.5 Å². The Labute approximate surface area is 153 Å². The average Bonchev–Trinajstić information content (AvgIpc) is 3.13. The lowest BCUT2D eigenvalue weighted by atomic mass is 10.2. The molecule has 5 nitrogen and oxygen atoms in total. The van der Waals surface area contributed by atoms with Gasteiger partial charge in [0.2, 0.25) is 5.91 Å². The third-order valence-corrected chi connectivity index (χ3v) is 3.87. The molecule has 0 radical (unpaired) electrons. The Bertz CT molecular complexity index is 843. The van der Waals surface area contributed by atoms with Crippen molar-refractivity contribution >= 4 is 11.6 Å². The molecule has 1 heterocycles. The maximum atomic E-state index is 12.2. The van der Waals surface area contributed by atoms with Crippen molar-refractivity contribution in [2.45, 2.75) is 26.2 Å². The van der Waals surface area contributed by atoms with Crippen LogP contribution < -0.4 is 10.1 Å². The van der Waals surface area contributed by atoms with Gasteiger partial charge in [0.25, 0.3) is 0 Å². The monoisotopic (exact) mass is 350 g/mol. The van der Waals surface area contributed by atoms with Crippen LogP contribution in [0.4, 0.5) is 5.69 Å². The number of aryl methyl sites for hydroxylation is 1. The number of amides is 1. The molecule has 0 spiro atoms. The molecule has 0 aliphatic rings. The number of benzene rings is 2. The average molecular weight is 350 g/mol. The third-order valence-electron chi connectivity index (χ3n) is 3.87. The fraction of sp³-hybridized carbons (Fsp3) is 0.238. The number of nitrogens with zero attached hydrogens (tertiary/aromatic N) is 1. The van der Waals surface area contributed by atoms with E-state index in [0.29, 0.717) is 43.2 Å². The molecule has 0 saturated carbocycles. The van der Waals surface area contributed by atoms with E-state index >= 15 is 0 Å². The first kappa shape index (κ1) is 17.7. The molecule has 3 aromatic rings. The number of anilines is 1. The molecule has 5 heteroatoms. The SMILES string of the molecule is CCOc1ccccc1NC(=O)CCCc1ncc(-c2ccccc2)o1. The number of rotatable bonds is 8. The van der Waals surface area contributed by atoms with Crippen LogP contribution in [0.2, 0.25) is 0 Å². The van der Waals surface area contributed by atoms with E-state index in [9.17, 15) is 4.79 Å². The van der Waals surface area contributed by atoms with Crippen molar-refractivity contribution in [1.29, 1.82) is 0 Å². The van der Waals surface area contributed by atoms with Crippen LogP contribution in [0, 0.1) is 0 Å². The van der Waals surface area contributed by atoms with Crippen molar-refractivity contribution in [3.8, 4) is 17.1 Å². The van der Waals surface area contributed by atoms with Gasteiger partial charge in [-0.05, 0) is 25.5 Å². The summed E-state index contributed by atoms with van der Waals surface area (Å²) in [5, 5.41) is 2.90. The molecule has 1 aromatic heterocycles. The van der Waals surface area contributed by atoms with Gasteiger partial charge in [-0.3, -0.25) is 4.79 Å². The molecule has 0 fully saturated rings. The second-order valence-corrected chi connectivity index (χ2v) is 5.82. The third kappa shape index (κ3) is 4.72. The number of oxazole rings is 1. The number of para-hydroxylation sites is 2. The Morgan fingerprint density at radius 3 is 2.69 bits per heavy atom. The highest BCUT2D eigenvalue weighted by Gasteiger charge is 2.09. The lowest BCUT2D eigenvalue weighted by molar-refractivity contribution is -0.116. The summed E-state index contributed by atoms with van der Waals surface area (Å²) in [6, 6.07) is 17.3. The van der Waals surface area contributed by atoms with E-state index in [1.165, 1.54) is 0 Å². The number of hydrogen-bond acceptors (Lipinski definition) is 4. The topological polar surface area (TPSA) is 64.4 Å². The van der Waals surface area contributed by atoms with E-state index in [-0.39, 0.29) is 5.91 Å². The van der Waals surface area contributed by atoms with Crippen LogP contribution in [0.15, 0.2) is 65.2 Å². The van der Waals surface area contributed by atoms with Gasteiger partial charge in [0, 0.05) is 18.4 Å². The molecule has 1 N–H and O–H groups in total. The Kier molecular flexibility index (Phi) is 6.04. The van der Waals surface area contributed by atoms with Gasteiger partial charge >= 0.3 is 0 Å². The van der Waals surface area contributed by atoms with Crippen molar-refractivity contribution in [2.24, 2.45) is 0 Å². The molecule has 1 amide bonds. The smallest absolute Gasteiger partial charge is 0.224 e. The Morgan fingerprint density at radius 2 is 1.88 bits per heavy atom. The first-order valence-corrected chi connectivity index (χ1v) is 8.78. The van der Waals surface area contributed by atoms with Crippen LogP contribution in [0.3, 0.4) is 0 Å². The van der Waals surface area contributed by atoms with Crippen molar-refractivity contribution in [1.82, 2.24) is 4.98 Å². The number of aromatic nitrogens is 1. The molecule has 2 aromatic carbocycles. The zero-order valence-electron chi connectivity index (χ0n) is 14.8. The minimum atomic E-state index is -0.0491.